The lowest BCUT2D eigenvalue weighted by atomic mass is 9.99. The molecule has 6 heteroatoms. The molecular weight excluding hydrogens is 320 g/mol. The number of hydrogen-bond donors (Lipinski definition) is 1. The molecule has 3 rings (SSSR count). The van der Waals surface area contributed by atoms with Crippen molar-refractivity contribution in [3.05, 3.63) is 29.3 Å². The molecule has 136 valence electrons. The summed E-state index contributed by atoms with van der Waals surface area (Å²) in [6.07, 6.45) is 5.62. The molecule has 1 atom stereocenters. The summed E-state index contributed by atoms with van der Waals surface area (Å²) in [4.78, 5) is 28.8. The van der Waals surface area contributed by atoms with Crippen molar-refractivity contribution >= 4 is 11.9 Å². The van der Waals surface area contributed by atoms with Crippen LogP contribution in [0.2, 0.25) is 0 Å². The highest BCUT2D eigenvalue weighted by atomic mass is 16.5. The van der Waals surface area contributed by atoms with Crippen LogP contribution in [0.3, 0.4) is 0 Å². The number of carboxylic acid groups (broad SMARTS) is 1. The third-order valence-corrected chi connectivity index (χ3v) is 5.19. The van der Waals surface area contributed by atoms with Crippen LogP contribution in [0.5, 0.6) is 5.75 Å². The Bertz CT molecular complexity index is 640. The zero-order chi connectivity index (χ0) is 17.8. The minimum Gasteiger partial charge on any atom is -0.497 e. The van der Waals surface area contributed by atoms with Gasteiger partial charge in [-0.05, 0) is 63.4 Å². The van der Waals surface area contributed by atoms with Gasteiger partial charge in [0.2, 0.25) is 0 Å². The molecule has 2 heterocycles. The summed E-state index contributed by atoms with van der Waals surface area (Å²) >= 11 is 0. The first-order chi connectivity index (χ1) is 12.1. The molecule has 0 spiro atoms. The second-order valence-corrected chi connectivity index (χ2v) is 6.91. The van der Waals surface area contributed by atoms with E-state index in [1.807, 2.05) is 4.90 Å². The summed E-state index contributed by atoms with van der Waals surface area (Å²) in [6, 6.07) is 4.74. The van der Waals surface area contributed by atoms with Crippen LogP contribution < -0.4 is 4.74 Å². The Hall–Kier alpha value is -2.08. The summed E-state index contributed by atoms with van der Waals surface area (Å²) in [5, 5.41) is 9.28. The number of amides is 1. The number of hydrogen-bond acceptors (Lipinski definition) is 4. The van der Waals surface area contributed by atoms with E-state index < -0.39 is 5.97 Å². The fourth-order valence-corrected chi connectivity index (χ4v) is 3.85. The molecule has 2 saturated heterocycles. The summed E-state index contributed by atoms with van der Waals surface area (Å²) < 4.78 is 5.18. The minimum absolute atomic E-state index is 0.0794. The van der Waals surface area contributed by atoms with Crippen molar-refractivity contribution in [1.82, 2.24) is 9.80 Å². The van der Waals surface area contributed by atoms with Gasteiger partial charge in [-0.25, -0.2) is 4.79 Å². The number of likely N-dealkylation sites (tertiary alicyclic amines) is 2. The average Bonchev–Trinajstić information content (AvgIpc) is 3.14. The van der Waals surface area contributed by atoms with Gasteiger partial charge in [0.15, 0.2) is 0 Å². The van der Waals surface area contributed by atoms with Crippen molar-refractivity contribution in [2.75, 3.05) is 33.3 Å². The van der Waals surface area contributed by atoms with Gasteiger partial charge in [0, 0.05) is 24.7 Å². The fourth-order valence-electron chi connectivity index (χ4n) is 3.85. The number of piperidine rings is 1. The predicted octanol–water partition coefficient (Wildman–Crippen LogP) is 2.48. The second kappa shape index (κ2) is 7.87. The van der Waals surface area contributed by atoms with E-state index in [2.05, 4.69) is 4.90 Å². The van der Waals surface area contributed by atoms with Crippen molar-refractivity contribution in [3.8, 4) is 5.75 Å². The first-order valence-corrected chi connectivity index (χ1v) is 9.04. The fraction of sp³-hybridized carbons (Fsp3) is 0.579. The van der Waals surface area contributed by atoms with Crippen LogP contribution in [-0.4, -0.2) is 66.1 Å². The number of carbonyl (C=O) groups is 2. The molecule has 1 amide bonds. The molecule has 0 bridgehead atoms. The highest BCUT2D eigenvalue weighted by molar-refractivity contribution is 5.98. The molecule has 0 aliphatic carbocycles. The Morgan fingerprint density at radius 2 is 1.76 bits per heavy atom. The SMILES string of the molecule is COc1cc(C(=O)O)cc(C(=O)N2CCCCC2CN2CCCC2)c1. The van der Waals surface area contributed by atoms with Gasteiger partial charge in [-0.1, -0.05) is 0 Å². The monoisotopic (exact) mass is 346 g/mol. The van der Waals surface area contributed by atoms with Gasteiger partial charge < -0.3 is 19.6 Å². The summed E-state index contributed by atoms with van der Waals surface area (Å²) in [5.41, 5.74) is 0.473. The van der Waals surface area contributed by atoms with Crippen molar-refractivity contribution < 1.29 is 19.4 Å². The maximum absolute atomic E-state index is 13.1. The van der Waals surface area contributed by atoms with E-state index >= 15 is 0 Å². The molecule has 0 radical (unpaired) electrons. The molecule has 0 saturated carbocycles. The van der Waals surface area contributed by atoms with Gasteiger partial charge in [-0.15, -0.1) is 0 Å². The van der Waals surface area contributed by atoms with Crippen LogP contribution in [-0.2, 0) is 0 Å². The first kappa shape index (κ1) is 17.7. The summed E-state index contributed by atoms with van der Waals surface area (Å²) in [6.45, 7) is 3.88. The smallest absolute Gasteiger partial charge is 0.335 e. The Labute approximate surface area is 148 Å². The standard InChI is InChI=1S/C19H26N2O4/c1-25-17-11-14(10-15(12-17)19(23)24)18(22)21-9-3-2-6-16(21)13-20-7-4-5-8-20/h10-12,16H,2-9,13H2,1H3,(H,23,24). The number of rotatable bonds is 5. The maximum atomic E-state index is 13.1. The molecule has 1 aromatic carbocycles. The molecule has 2 aliphatic rings. The van der Waals surface area contributed by atoms with Crippen molar-refractivity contribution in [2.24, 2.45) is 0 Å². The summed E-state index contributed by atoms with van der Waals surface area (Å²) in [5.74, 6) is -0.748. The number of carboxylic acids is 1. The van der Waals surface area contributed by atoms with Crippen LogP contribution in [0.15, 0.2) is 18.2 Å². The number of nitrogens with zero attached hydrogens (tertiary/aromatic N) is 2. The number of carbonyl (C=O) groups excluding carboxylic acids is 1. The van der Waals surface area contributed by atoms with E-state index in [1.54, 1.807) is 6.07 Å². The van der Waals surface area contributed by atoms with Crippen molar-refractivity contribution in [3.63, 3.8) is 0 Å². The lowest BCUT2D eigenvalue weighted by Gasteiger charge is -2.38. The van der Waals surface area contributed by atoms with Gasteiger partial charge in [0.05, 0.1) is 12.7 Å². The van der Waals surface area contributed by atoms with Crippen LogP contribution >= 0.6 is 0 Å². The molecular formula is C19H26N2O4. The predicted molar refractivity (Wildman–Crippen MR) is 94.3 cm³/mol. The lowest BCUT2D eigenvalue weighted by molar-refractivity contribution is 0.0560. The zero-order valence-electron chi connectivity index (χ0n) is 14.7. The Morgan fingerprint density at radius 3 is 2.44 bits per heavy atom. The second-order valence-electron chi connectivity index (χ2n) is 6.91. The largest absolute Gasteiger partial charge is 0.497 e. The highest BCUT2D eigenvalue weighted by Crippen LogP contribution is 2.24. The van der Waals surface area contributed by atoms with Crippen LogP contribution in [0.25, 0.3) is 0 Å². The normalized spacial score (nSPS) is 21.3. The molecule has 25 heavy (non-hydrogen) atoms. The molecule has 6 nitrogen and oxygen atoms in total. The molecule has 1 unspecified atom stereocenters. The number of methoxy groups -OCH3 is 1. The van der Waals surface area contributed by atoms with E-state index in [9.17, 15) is 14.7 Å². The molecule has 2 fully saturated rings. The molecule has 0 aromatic heterocycles. The van der Waals surface area contributed by atoms with Crippen LogP contribution in [0.1, 0.15) is 52.8 Å². The third kappa shape index (κ3) is 4.12. The number of benzene rings is 1. The lowest BCUT2D eigenvalue weighted by Crippen LogP contribution is -2.49. The van der Waals surface area contributed by atoms with Crippen LogP contribution in [0.4, 0.5) is 0 Å². The zero-order valence-corrected chi connectivity index (χ0v) is 14.7. The topological polar surface area (TPSA) is 70.1 Å². The maximum Gasteiger partial charge on any atom is 0.335 e. The molecule has 1 N–H and O–H groups in total. The van der Waals surface area contributed by atoms with Gasteiger partial charge in [0.25, 0.3) is 5.91 Å². The van der Waals surface area contributed by atoms with E-state index in [-0.39, 0.29) is 17.5 Å². The summed E-state index contributed by atoms with van der Waals surface area (Å²) in [7, 11) is 1.48. The van der Waals surface area contributed by atoms with Gasteiger partial charge in [0.1, 0.15) is 5.75 Å². The average molecular weight is 346 g/mol. The van der Waals surface area contributed by atoms with E-state index in [0.717, 1.165) is 45.4 Å². The van der Waals surface area contributed by atoms with Crippen LogP contribution in [0, 0.1) is 0 Å². The van der Waals surface area contributed by atoms with Gasteiger partial charge >= 0.3 is 5.97 Å². The van der Waals surface area contributed by atoms with Crippen molar-refractivity contribution in [1.29, 1.82) is 0 Å². The quantitative estimate of drug-likeness (QED) is 0.887. The van der Waals surface area contributed by atoms with E-state index in [1.165, 1.54) is 32.1 Å². The van der Waals surface area contributed by atoms with E-state index in [4.69, 9.17) is 4.74 Å². The third-order valence-electron chi connectivity index (χ3n) is 5.19. The van der Waals surface area contributed by atoms with E-state index in [0.29, 0.717) is 11.3 Å². The highest BCUT2D eigenvalue weighted by Gasteiger charge is 2.30. The van der Waals surface area contributed by atoms with Crippen molar-refractivity contribution in [2.45, 2.75) is 38.1 Å². The number of aromatic carboxylic acids is 1. The minimum atomic E-state index is -1.06. The Morgan fingerprint density at radius 1 is 1.08 bits per heavy atom. The first-order valence-electron chi connectivity index (χ1n) is 9.04. The van der Waals surface area contributed by atoms with Gasteiger partial charge in [-0.3, -0.25) is 4.79 Å². The Balaban J connectivity index is 1.81. The Kier molecular flexibility index (Phi) is 5.58. The number of ether oxygens (including phenoxy) is 1. The molecule has 1 aromatic rings. The molecule has 2 aliphatic heterocycles. The van der Waals surface area contributed by atoms with Gasteiger partial charge in [-0.2, -0.15) is 0 Å².